The van der Waals surface area contributed by atoms with Gasteiger partial charge in [-0.05, 0) is 0 Å². The van der Waals surface area contributed by atoms with Crippen LogP contribution in [0.1, 0.15) is 12.8 Å². The first-order chi connectivity index (χ1) is 5.11. The van der Waals surface area contributed by atoms with Crippen LogP contribution in [0.15, 0.2) is 0 Å². The average Bonchev–Trinajstić information content (AvgIpc) is 2.32. The number of rotatable bonds is 2. The number of carbonyl (C=O) groups is 1. The summed E-state index contributed by atoms with van der Waals surface area (Å²) in [6, 6.07) is 0. The van der Waals surface area contributed by atoms with E-state index >= 15 is 0 Å². The quantitative estimate of drug-likeness (QED) is 0.513. The normalized spacial score (nSPS) is 34.3. The monoisotopic (exact) mass is 160 g/mol. The fourth-order valence-electron chi connectivity index (χ4n) is 1.43. The summed E-state index contributed by atoms with van der Waals surface area (Å²) in [5.74, 6) is 0.0200. The van der Waals surface area contributed by atoms with Gasteiger partial charge in [0.2, 0.25) is 6.23 Å². The molecule has 0 saturated carbocycles. The zero-order valence-corrected chi connectivity index (χ0v) is 6.66. The summed E-state index contributed by atoms with van der Waals surface area (Å²) in [6.07, 6.45) is 0.393. The number of hydrogen-bond acceptors (Lipinski definition) is 3. The van der Waals surface area contributed by atoms with E-state index < -0.39 is 6.23 Å². The first-order valence-electron chi connectivity index (χ1n) is 3.79. The average molecular weight is 160 g/mol. The van der Waals surface area contributed by atoms with Gasteiger partial charge in [0, 0.05) is 6.42 Å². The molecule has 2 atom stereocenters. The maximum absolute atomic E-state index is 11.2. The molecule has 64 valence electrons. The first kappa shape index (κ1) is 8.64. The Morgan fingerprint density at radius 1 is 1.73 bits per heavy atom. The largest absolute Gasteiger partial charge is 0.387 e. The van der Waals surface area contributed by atoms with E-state index in [1.54, 1.807) is 7.05 Å². The van der Waals surface area contributed by atoms with E-state index in [0.29, 0.717) is 13.0 Å². The van der Waals surface area contributed by atoms with E-state index in [9.17, 15) is 9.90 Å². The number of likely N-dealkylation sites (N-methyl/N-ethyl adjacent to an activating group) is 1. The SMILES string of the molecule is C[N+]1(C(O)CO)CCCC1=O. The topological polar surface area (TPSA) is 57.5 Å². The highest BCUT2D eigenvalue weighted by Crippen LogP contribution is 2.20. The molecule has 0 aromatic rings. The van der Waals surface area contributed by atoms with Gasteiger partial charge < -0.3 is 10.2 Å². The molecule has 1 saturated heterocycles. The van der Waals surface area contributed by atoms with Crippen LogP contribution in [0.3, 0.4) is 0 Å². The first-order valence-corrected chi connectivity index (χ1v) is 3.79. The molecule has 0 radical (unpaired) electrons. The molecule has 4 nitrogen and oxygen atoms in total. The van der Waals surface area contributed by atoms with Crippen molar-refractivity contribution in [2.24, 2.45) is 0 Å². The van der Waals surface area contributed by atoms with Crippen LogP contribution < -0.4 is 0 Å². The molecule has 1 rings (SSSR count). The van der Waals surface area contributed by atoms with Gasteiger partial charge in [-0.1, -0.05) is 0 Å². The third-order valence-corrected chi connectivity index (χ3v) is 2.40. The zero-order chi connectivity index (χ0) is 8.48. The summed E-state index contributed by atoms with van der Waals surface area (Å²) in [4.78, 5) is 11.2. The van der Waals surface area contributed by atoms with Gasteiger partial charge in [0.1, 0.15) is 6.61 Å². The van der Waals surface area contributed by atoms with Crippen molar-refractivity contribution in [1.82, 2.24) is 0 Å². The maximum atomic E-state index is 11.2. The van der Waals surface area contributed by atoms with E-state index in [-0.39, 0.29) is 17.0 Å². The summed E-state index contributed by atoms with van der Waals surface area (Å²) < 4.78 is -0.0174. The highest BCUT2D eigenvalue weighted by molar-refractivity contribution is 5.70. The lowest BCUT2D eigenvalue weighted by Crippen LogP contribution is -2.54. The van der Waals surface area contributed by atoms with Gasteiger partial charge in [-0.3, -0.25) is 0 Å². The van der Waals surface area contributed by atoms with Gasteiger partial charge in [-0.15, -0.1) is 0 Å². The van der Waals surface area contributed by atoms with Crippen LogP contribution in [0.4, 0.5) is 0 Å². The number of nitrogens with zero attached hydrogens (tertiary/aromatic N) is 1. The van der Waals surface area contributed by atoms with E-state index in [0.717, 1.165) is 6.42 Å². The van der Waals surface area contributed by atoms with Crippen LogP contribution in [0.25, 0.3) is 0 Å². The molecule has 2 unspecified atom stereocenters. The van der Waals surface area contributed by atoms with Crippen LogP contribution in [0.5, 0.6) is 0 Å². The lowest BCUT2D eigenvalue weighted by Gasteiger charge is -2.30. The predicted molar refractivity (Wildman–Crippen MR) is 38.4 cm³/mol. The number of aliphatic hydroxyl groups excluding tert-OH is 2. The molecular formula is C7H14NO3+. The molecule has 4 heteroatoms. The number of quaternary nitrogens is 1. The van der Waals surface area contributed by atoms with Crippen molar-refractivity contribution in [3.05, 3.63) is 0 Å². The molecule has 1 heterocycles. The van der Waals surface area contributed by atoms with Gasteiger partial charge in [0.05, 0.1) is 20.0 Å². The second-order valence-electron chi connectivity index (χ2n) is 3.15. The molecule has 0 aromatic carbocycles. The number of likely N-dealkylation sites (tertiary alicyclic amines) is 1. The summed E-state index contributed by atoms with van der Waals surface area (Å²) in [6.45, 7) is 0.294. The Morgan fingerprint density at radius 3 is 2.73 bits per heavy atom. The Balaban J connectivity index is 2.72. The number of aliphatic hydroxyl groups is 2. The molecule has 1 amide bonds. The molecule has 0 aliphatic carbocycles. The highest BCUT2D eigenvalue weighted by atomic mass is 16.3. The molecular weight excluding hydrogens is 146 g/mol. The minimum atomic E-state index is -0.940. The molecule has 1 aliphatic heterocycles. The van der Waals surface area contributed by atoms with Crippen molar-refractivity contribution in [2.75, 3.05) is 20.2 Å². The second-order valence-corrected chi connectivity index (χ2v) is 3.15. The van der Waals surface area contributed by atoms with E-state index in [1.165, 1.54) is 0 Å². The van der Waals surface area contributed by atoms with E-state index in [4.69, 9.17) is 5.11 Å². The van der Waals surface area contributed by atoms with E-state index in [1.807, 2.05) is 0 Å². The smallest absolute Gasteiger partial charge is 0.315 e. The van der Waals surface area contributed by atoms with Gasteiger partial charge in [-0.25, -0.2) is 9.28 Å². The Hall–Kier alpha value is -0.450. The standard InChI is InChI=1S/C7H14NO3/c1-8(7(11)5-9)4-2-3-6(8)10/h7,9,11H,2-5H2,1H3/q+1. The second kappa shape index (κ2) is 2.89. The molecule has 11 heavy (non-hydrogen) atoms. The third-order valence-electron chi connectivity index (χ3n) is 2.40. The minimum absolute atomic E-state index is 0.0174. The van der Waals surface area contributed by atoms with Crippen LogP contribution >= 0.6 is 0 Å². The van der Waals surface area contributed by atoms with Gasteiger partial charge in [-0.2, -0.15) is 0 Å². The summed E-state index contributed by atoms with van der Waals surface area (Å²) in [5, 5.41) is 17.9. The Morgan fingerprint density at radius 2 is 2.36 bits per heavy atom. The van der Waals surface area contributed by atoms with Crippen LogP contribution in [0, 0.1) is 0 Å². The molecule has 0 aromatic heterocycles. The van der Waals surface area contributed by atoms with Crippen molar-refractivity contribution in [1.29, 1.82) is 0 Å². The van der Waals surface area contributed by atoms with Crippen LogP contribution in [0.2, 0.25) is 0 Å². The highest BCUT2D eigenvalue weighted by Gasteiger charge is 2.42. The molecule has 1 aliphatic rings. The number of amides is 1. The molecule has 0 bridgehead atoms. The Bertz CT molecular complexity index is 171. The zero-order valence-electron chi connectivity index (χ0n) is 6.66. The van der Waals surface area contributed by atoms with Crippen LogP contribution in [-0.4, -0.2) is 47.0 Å². The Labute approximate surface area is 65.6 Å². The van der Waals surface area contributed by atoms with Crippen LogP contribution in [-0.2, 0) is 4.79 Å². The maximum Gasteiger partial charge on any atom is 0.315 e. The summed E-state index contributed by atoms with van der Waals surface area (Å²) in [7, 11) is 1.66. The lowest BCUT2D eigenvalue weighted by atomic mass is 10.4. The van der Waals surface area contributed by atoms with Gasteiger partial charge in [0.25, 0.3) is 0 Å². The van der Waals surface area contributed by atoms with Crippen molar-refractivity contribution >= 4 is 5.91 Å². The fraction of sp³-hybridized carbons (Fsp3) is 0.857. The van der Waals surface area contributed by atoms with Crippen molar-refractivity contribution in [3.8, 4) is 0 Å². The molecule has 1 fully saturated rings. The summed E-state index contributed by atoms with van der Waals surface area (Å²) in [5.41, 5.74) is 0. The van der Waals surface area contributed by atoms with Gasteiger partial charge in [0.15, 0.2) is 0 Å². The third kappa shape index (κ3) is 1.29. The number of carbonyl (C=O) groups excluding carboxylic acids is 1. The van der Waals surface area contributed by atoms with Crippen molar-refractivity contribution in [3.63, 3.8) is 0 Å². The predicted octanol–water partition coefficient (Wildman–Crippen LogP) is -0.936. The van der Waals surface area contributed by atoms with Crippen molar-refractivity contribution in [2.45, 2.75) is 19.1 Å². The van der Waals surface area contributed by atoms with Gasteiger partial charge >= 0.3 is 5.91 Å². The molecule has 0 spiro atoms. The van der Waals surface area contributed by atoms with E-state index in [2.05, 4.69) is 0 Å². The fourth-order valence-corrected chi connectivity index (χ4v) is 1.43. The molecule has 2 N–H and O–H groups in total. The Kier molecular flexibility index (Phi) is 2.27. The number of hydrogen-bond donors (Lipinski definition) is 2. The lowest BCUT2D eigenvalue weighted by molar-refractivity contribution is -0.877. The minimum Gasteiger partial charge on any atom is -0.387 e. The summed E-state index contributed by atoms with van der Waals surface area (Å²) >= 11 is 0. The van der Waals surface area contributed by atoms with Crippen molar-refractivity contribution < 1.29 is 19.5 Å².